The molecule has 0 N–H and O–H groups in total. The maximum atomic E-state index is 13.2. The molecule has 0 aliphatic heterocycles. The monoisotopic (exact) mass is 806 g/mol. The van der Waals surface area contributed by atoms with Crippen LogP contribution in [0, 0.1) is 0 Å². The van der Waals surface area contributed by atoms with Gasteiger partial charge in [0.1, 0.15) is 11.5 Å². The molecular formula is C49H58O10. The van der Waals surface area contributed by atoms with Crippen molar-refractivity contribution in [2.75, 3.05) is 39.6 Å². The zero-order valence-corrected chi connectivity index (χ0v) is 36.2. The number of fused-ring (bicyclic) bond motifs is 3. The molecule has 0 heterocycles. The predicted molar refractivity (Wildman–Crippen MR) is 232 cm³/mol. The molecule has 0 spiro atoms. The summed E-state index contributed by atoms with van der Waals surface area (Å²) in [7, 11) is 0. The van der Waals surface area contributed by atoms with Crippen LogP contribution in [0.3, 0.4) is 0 Å². The Bertz CT molecular complexity index is 2210. The van der Waals surface area contributed by atoms with E-state index in [1.165, 1.54) is 17.7 Å². The topological polar surface area (TPSA) is 108 Å². The number of hydrogen-bond acceptors (Lipinski definition) is 10. The molecule has 1 aliphatic rings. The van der Waals surface area contributed by atoms with Crippen LogP contribution < -0.4 is 37.9 Å². The third kappa shape index (κ3) is 8.77. The minimum atomic E-state index is -0.551. The molecule has 0 aromatic heterocycles. The Morgan fingerprint density at radius 1 is 0.475 bits per heavy atom. The summed E-state index contributed by atoms with van der Waals surface area (Å²) >= 11 is 0. The van der Waals surface area contributed by atoms with Crippen molar-refractivity contribution in [3.05, 3.63) is 83.0 Å². The molecule has 0 radical (unpaired) electrons. The second kappa shape index (κ2) is 20.7. The molecule has 59 heavy (non-hydrogen) atoms. The normalized spacial score (nSPS) is 11.7. The maximum Gasteiger partial charge on any atom is 0.335 e. The van der Waals surface area contributed by atoms with Crippen LogP contribution in [0.2, 0.25) is 0 Å². The van der Waals surface area contributed by atoms with Crippen molar-refractivity contribution < 1.29 is 47.5 Å². The van der Waals surface area contributed by atoms with Crippen LogP contribution in [0.15, 0.2) is 60.7 Å². The Kier molecular flexibility index (Phi) is 15.5. The quantitative estimate of drug-likeness (QED) is 0.0428. The van der Waals surface area contributed by atoms with Crippen molar-refractivity contribution in [1.29, 1.82) is 0 Å². The van der Waals surface area contributed by atoms with E-state index in [-0.39, 0.29) is 37.9 Å². The van der Waals surface area contributed by atoms with E-state index in [9.17, 15) is 9.59 Å². The SMILES string of the molecule is CC=CC(=O)Oc1c(CC)c(OCC)c(-c2ccc3c(c2-c2c(OCC)c(CC)c(OC(=O)C=CC)c(OCC)c2OCC)Cc2ccccc2-3)c(OCC)c1OCC. The lowest BCUT2D eigenvalue weighted by Crippen LogP contribution is -2.14. The summed E-state index contributed by atoms with van der Waals surface area (Å²) in [6, 6.07) is 12.6. The fourth-order valence-corrected chi connectivity index (χ4v) is 7.72. The second-order valence-corrected chi connectivity index (χ2v) is 13.3. The largest absolute Gasteiger partial charge is 0.493 e. The summed E-state index contributed by atoms with van der Waals surface area (Å²) in [5.74, 6) is 1.72. The second-order valence-electron chi connectivity index (χ2n) is 13.3. The highest BCUT2D eigenvalue weighted by molar-refractivity contribution is 6.03. The summed E-state index contributed by atoms with van der Waals surface area (Å²) < 4.78 is 51.6. The van der Waals surface area contributed by atoms with Crippen LogP contribution in [0.5, 0.6) is 46.0 Å². The average Bonchev–Trinajstić information content (AvgIpc) is 3.60. The van der Waals surface area contributed by atoms with Crippen LogP contribution in [-0.4, -0.2) is 51.6 Å². The van der Waals surface area contributed by atoms with Gasteiger partial charge in [-0.1, -0.05) is 62.4 Å². The van der Waals surface area contributed by atoms with Gasteiger partial charge in [0.15, 0.2) is 23.0 Å². The number of benzene rings is 4. The molecule has 0 unspecified atom stereocenters. The Balaban J connectivity index is 2.11. The van der Waals surface area contributed by atoms with Gasteiger partial charge in [-0.15, -0.1) is 0 Å². The standard InChI is InChI=1S/C49H58O10/c1-11-23-37(50)58-44-31(13-3)42(52-15-5)40(46(54-17-7)48(44)56-19-9)35-28-27-34-33-26-22-21-25-30(33)29-36(34)39(35)41-43(53-16-6)32(14-4)45(59-38(51)24-12-2)49(57-20-10)47(41)55-18-8/h11-12,21-28H,13-20,29H2,1-10H3. The molecule has 0 bridgehead atoms. The molecule has 10 nitrogen and oxygen atoms in total. The van der Waals surface area contributed by atoms with Gasteiger partial charge in [0.25, 0.3) is 0 Å². The van der Waals surface area contributed by atoms with Gasteiger partial charge in [-0.3, -0.25) is 0 Å². The Labute approximate surface area is 349 Å². The minimum absolute atomic E-state index is 0.243. The maximum absolute atomic E-state index is 13.2. The van der Waals surface area contributed by atoms with E-state index < -0.39 is 11.9 Å². The van der Waals surface area contributed by atoms with Crippen molar-refractivity contribution in [3.8, 4) is 79.4 Å². The van der Waals surface area contributed by atoms with Crippen LogP contribution in [0.4, 0.5) is 0 Å². The zero-order valence-electron chi connectivity index (χ0n) is 36.2. The molecule has 4 aromatic carbocycles. The highest BCUT2D eigenvalue weighted by Gasteiger charge is 2.38. The number of allylic oxidation sites excluding steroid dienone is 2. The van der Waals surface area contributed by atoms with Gasteiger partial charge in [0.2, 0.25) is 11.5 Å². The van der Waals surface area contributed by atoms with E-state index in [4.69, 9.17) is 37.9 Å². The lowest BCUT2D eigenvalue weighted by molar-refractivity contribution is -0.130. The van der Waals surface area contributed by atoms with Crippen molar-refractivity contribution in [2.24, 2.45) is 0 Å². The minimum Gasteiger partial charge on any atom is -0.493 e. The molecule has 1 aliphatic carbocycles. The fourth-order valence-electron chi connectivity index (χ4n) is 7.72. The molecule has 0 saturated carbocycles. The summed E-state index contributed by atoms with van der Waals surface area (Å²) in [6.07, 6.45) is 7.47. The zero-order chi connectivity index (χ0) is 42.6. The number of ether oxygens (including phenoxy) is 8. The van der Waals surface area contributed by atoms with Gasteiger partial charge >= 0.3 is 11.9 Å². The Hall–Kier alpha value is -5.90. The van der Waals surface area contributed by atoms with E-state index in [0.29, 0.717) is 89.2 Å². The third-order valence-corrected chi connectivity index (χ3v) is 9.79. The summed E-state index contributed by atoms with van der Waals surface area (Å²) in [5.41, 5.74) is 8.48. The Morgan fingerprint density at radius 3 is 1.37 bits per heavy atom. The van der Waals surface area contributed by atoms with Crippen LogP contribution >= 0.6 is 0 Å². The van der Waals surface area contributed by atoms with Crippen molar-refractivity contribution in [1.82, 2.24) is 0 Å². The van der Waals surface area contributed by atoms with E-state index in [1.54, 1.807) is 26.0 Å². The molecule has 4 aromatic rings. The number of carbonyl (C=O) groups is 2. The van der Waals surface area contributed by atoms with Crippen molar-refractivity contribution in [3.63, 3.8) is 0 Å². The van der Waals surface area contributed by atoms with Gasteiger partial charge < -0.3 is 37.9 Å². The summed E-state index contributed by atoms with van der Waals surface area (Å²) in [4.78, 5) is 26.4. The fraction of sp³-hybridized carbons (Fsp3) is 0.388. The van der Waals surface area contributed by atoms with Crippen molar-refractivity contribution in [2.45, 2.75) is 88.5 Å². The van der Waals surface area contributed by atoms with E-state index in [0.717, 1.165) is 27.8 Å². The first kappa shape index (κ1) is 44.2. The summed E-state index contributed by atoms with van der Waals surface area (Å²) in [6.45, 7) is 20.6. The van der Waals surface area contributed by atoms with Crippen LogP contribution in [0.25, 0.3) is 33.4 Å². The number of esters is 2. The van der Waals surface area contributed by atoms with Gasteiger partial charge in [-0.2, -0.15) is 0 Å². The van der Waals surface area contributed by atoms with Gasteiger partial charge in [-0.25, -0.2) is 9.59 Å². The van der Waals surface area contributed by atoms with Gasteiger partial charge in [-0.05, 0) is 102 Å². The van der Waals surface area contributed by atoms with E-state index in [1.807, 2.05) is 61.5 Å². The molecular weight excluding hydrogens is 749 g/mol. The lowest BCUT2D eigenvalue weighted by atomic mass is 9.84. The number of rotatable bonds is 20. The molecule has 0 saturated heterocycles. The Morgan fingerprint density at radius 2 is 0.898 bits per heavy atom. The average molecular weight is 807 g/mol. The first-order chi connectivity index (χ1) is 28.7. The van der Waals surface area contributed by atoms with Gasteiger partial charge in [0, 0.05) is 28.8 Å². The highest BCUT2D eigenvalue weighted by atomic mass is 16.6. The first-order valence-electron chi connectivity index (χ1n) is 20.9. The number of hydrogen-bond donors (Lipinski definition) is 0. The van der Waals surface area contributed by atoms with Crippen LogP contribution in [0.1, 0.15) is 91.5 Å². The highest BCUT2D eigenvalue weighted by Crippen LogP contribution is 2.61. The van der Waals surface area contributed by atoms with E-state index in [2.05, 4.69) is 30.3 Å². The molecule has 0 amide bonds. The summed E-state index contributed by atoms with van der Waals surface area (Å²) in [5, 5.41) is 0. The molecule has 0 atom stereocenters. The van der Waals surface area contributed by atoms with E-state index >= 15 is 0 Å². The number of carbonyl (C=O) groups excluding carboxylic acids is 2. The predicted octanol–water partition coefficient (Wildman–Crippen LogP) is 11.1. The first-order valence-corrected chi connectivity index (χ1v) is 20.9. The molecule has 314 valence electrons. The molecule has 10 heteroatoms. The smallest absolute Gasteiger partial charge is 0.335 e. The van der Waals surface area contributed by atoms with Crippen LogP contribution in [-0.2, 0) is 28.9 Å². The van der Waals surface area contributed by atoms with Gasteiger partial charge in [0.05, 0.1) is 50.8 Å². The molecule has 0 fully saturated rings. The molecule has 5 rings (SSSR count). The van der Waals surface area contributed by atoms with Crippen molar-refractivity contribution >= 4 is 11.9 Å². The third-order valence-electron chi connectivity index (χ3n) is 9.79. The lowest BCUT2D eigenvalue weighted by Gasteiger charge is -2.29.